The summed E-state index contributed by atoms with van der Waals surface area (Å²) in [5.74, 6) is 2.85. The minimum Gasteiger partial charge on any atom is -0.413 e. The van der Waals surface area contributed by atoms with Gasteiger partial charge in [-0.2, -0.15) is 0 Å². The highest BCUT2D eigenvalue weighted by Gasteiger charge is 2.51. The first kappa shape index (κ1) is 28.3. The smallest absolute Gasteiger partial charge is 0.261 e. The second kappa shape index (κ2) is 11.2. The molecule has 2 unspecified atom stereocenters. The molecule has 2 atom stereocenters. The van der Waals surface area contributed by atoms with Crippen LogP contribution in [-0.2, 0) is 8.85 Å². The van der Waals surface area contributed by atoms with Crippen LogP contribution in [0.4, 0.5) is 0 Å². The molecule has 2 aromatic rings. The van der Waals surface area contributed by atoms with Crippen molar-refractivity contribution in [1.29, 1.82) is 0 Å². The van der Waals surface area contributed by atoms with Gasteiger partial charge in [0, 0.05) is 12.8 Å². The molecule has 2 nitrogen and oxygen atoms in total. The standard InChI is InChI=1S/C30H44O2Si2/c1-11-19-26(31-33(9,10)29(3,4)5)24-25(12-2)32-34(30(6,7)8,27-20-15-13-16-21-27)28-22-17-14-18-23-28/h1,12-18,20-23,25-26H,2,19,24H2,3-10H3. The van der Waals surface area contributed by atoms with E-state index in [1.807, 2.05) is 6.08 Å². The van der Waals surface area contributed by atoms with Gasteiger partial charge in [-0.05, 0) is 33.5 Å². The predicted molar refractivity (Wildman–Crippen MR) is 153 cm³/mol. The summed E-state index contributed by atoms with van der Waals surface area (Å²) in [7, 11) is -4.67. The fourth-order valence-corrected chi connectivity index (χ4v) is 10.3. The minimum absolute atomic E-state index is 0.0629. The number of hydrogen-bond donors (Lipinski definition) is 0. The molecule has 0 spiro atoms. The van der Waals surface area contributed by atoms with Gasteiger partial charge < -0.3 is 8.85 Å². The lowest BCUT2D eigenvalue weighted by atomic mass is 10.1. The number of benzene rings is 2. The molecule has 0 radical (unpaired) electrons. The molecule has 0 aliphatic carbocycles. The molecule has 2 aromatic carbocycles. The van der Waals surface area contributed by atoms with E-state index in [0.717, 1.165) is 0 Å². The lowest BCUT2D eigenvalue weighted by Gasteiger charge is -2.45. The fourth-order valence-electron chi connectivity index (χ4n) is 4.27. The van der Waals surface area contributed by atoms with Crippen LogP contribution in [0.2, 0.25) is 23.2 Å². The lowest BCUT2D eigenvalue weighted by Crippen LogP contribution is -2.67. The summed E-state index contributed by atoms with van der Waals surface area (Å²) in [4.78, 5) is 0. The van der Waals surface area contributed by atoms with Crippen LogP contribution < -0.4 is 10.4 Å². The highest BCUT2D eigenvalue weighted by atomic mass is 28.4. The van der Waals surface area contributed by atoms with Gasteiger partial charge >= 0.3 is 0 Å². The summed E-state index contributed by atoms with van der Waals surface area (Å²) in [6, 6.07) is 21.4. The molecule has 0 amide bonds. The molecule has 0 aliphatic rings. The quantitative estimate of drug-likeness (QED) is 0.203. The number of hydrogen-bond acceptors (Lipinski definition) is 2. The van der Waals surface area contributed by atoms with Gasteiger partial charge in [0.15, 0.2) is 8.32 Å². The molecule has 0 saturated heterocycles. The molecule has 2 rings (SSSR count). The predicted octanol–water partition coefficient (Wildman–Crippen LogP) is 6.92. The Labute approximate surface area is 211 Å². The van der Waals surface area contributed by atoms with Crippen LogP contribution in [0.15, 0.2) is 73.3 Å². The first-order chi connectivity index (χ1) is 15.8. The van der Waals surface area contributed by atoms with E-state index in [2.05, 4.69) is 128 Å². The lowest BCUT2D eigenvalue weighted by molar-refractivity contribution is 0.120. The summed E-state index contributed by atoms with van der Waals surface area (Å²) >= 11 is 0. The highest BCUT2D eigenvalue weighted by molar-refractivity contribution is 6.99. The average molecular weight is 493 g/mol. The van der Waals surface area contributed by atoms with Crippen LogP contribution in [-0.4, -0.2) is 28.8 Å². The van der Waals surface area contributed by atoms with Crippen molar-refractivity contribution >= 4 is 27.0 Å². The Morgan fingerprint density at radius 3 is 1.68 bits per heavy atom. The van der Waals surface area contributed by atoms with Crippen LogP contribution in [0.3, 0.4) is 0 Å². The monoisotopic (exact) mass is 492 g/mol. The van der Waals surface area contributed by atoms with Crippen LogP contribution in [0.25, 0.3) is 0 Å². The molecule has 0 N–H and O–H groups in total. The largest absolute Gasteiger partial charge is 0.413 e. The van der Waals surface area contributed by atoms with Crippen molar-refractivity contribution in [3.05, 3.63) is 73.3 Å². The van der Waals surface area contributed by atoms with E-state index in [9.17, 15) is 0 Å². The van der Waals surface area contributed by atoms with E-state index in [0.29, 0.717) is 12.8 Å². The summed E-state index contributed by atoms with van der Waals surface area (Å²) in [5, 5.41) is 2.54. The van der Waals surface area contributed by atoms with Crippen LogP contribution >= 0.6 is 0 Å². The molecule has 0 aromatic heterocycles. The van der Waals surface area contributed by atoms with Gasteiger partial charge in [0.05, 0.1) is 12.2 Å². The maximum Gasteiger partial charge on any atom is 0.261 e. The molecular weight excluding hydrogens is 449 g/mol. The van der Waals surface area contributed by atoms with Gasteiger partial charge in [-0.25, -0.2) is 0 Å². The van der Waals surface area contributed by atoms with Gasteiger partial charge in [0.1, 0.15) is 0 Å². The van der Waals surface area contributed by atoms with Crippen molar-refractivity contribution in [2.24, 2.45) is 0 Å². The molecule has 4 heteroatoms. The third kappa shape index (κ3) is 6.40. The van der Waals surface area contributed by atoms with Gasteiger partial charge in [0.25, 0.3) is 8.32 Å². The zero-order valence-corrected chi connectivity index (χ0v) is 24.5. The molecule has 0 aliphatic heterocycles. The van der Waals surface area contributed by atoms with Crippen molar-refractivity contribution < 1.29 is 8.85 Å². The van der Waals surface area contributed by atoms with Crippen molar-refractivity contribution in [3.8, 4) is 12.3 Å². The van der Waals surface area contributed by atoms with E-state index < -0.39 is 16.6 Å². The molecule has 0 heterocycles. The Bertz CT molecular complexity index is 908. The highest BCUT2D eigenvalue weighted by Crippen LogP contribution is 2.40. The fraction of sp³-hybridized carbons (Fsp3) is 0.467. The minimum atomic E-state index is -2.69. The maximum atomic E-state index is 7.29. The van der Waals surface area contributed by atoms with Crippen LogP contribution in [0, 0.1) is 12.3 Å². The number of rotatable bonds is 10. The van der Waals surface area contributed by atoms with Crippen molar-refractivity contribution in [2.45, 2.75) is 89.8 Å². The third-order valence-corrected chi connectivity index (χ3v) is 16.7. The van der Waals surface area contributed by atoms with E-state index in [1.54, 1.807) is 0 Å². The van der Waals surface area contributed by atoms with E-state index in [-0.39, 0.29) is 22.3 Å². The van der Waals surface area contributed by atoms with Crippen LogP contribution in [0.1, 0.15) is 54.4 Å². The van der Waals surface area contributed by atoms with Crippen molar-refractivity contribution in [2.75, 3.05) is 0 Å². The van der Waals surface area contributed by atoms with E-state index in [4.69, 9.17) is 15.3 Å². The summed E-state index contributed by atoms with van der Waals surface area (Å²) in [5.41, 5.74) is 0. The topological polar surface area (TPSA) is 18.5 Å². The third-order valence-electron chi connectivity index (χ3n) is 7.12. The zero-order chi connectivity index (χ0) is 25.6. The van der Waals surface area contributed by atoms with E-state index >= 15 is 0 Å². The van der Waals surface area contributed by atoms with Crippen LogP contribution in [0.5, 0.6) is 0 Å². The Morgan fingerprint density at radius 2 is 1.32 bits per heavy atom. The Kier molecular flexibility index (Phi) is 9.35. The van der Waals surface area contributed by atoms with Gasteiger partial charge in [-0.15, -0.1) is 18.9 Å². The Morgan fingerprint density at radius 1 is 0.853 bits per heavy atom. The average Bonchev–Trinajstić information content (AvgIpc) is 2.76. The second-order valence-corrected chi connectivity index (χ2v) is 20.7. The van der Waals surface area contributed by atoms with Crippen molar-refractivity contribution in [1.82, 2.24) is 0 Å². The first-order valence-corrected chi connectivity index (χ1v) is 17.1. The SMILES string of the molecule is C#CCC(CC(C=C)O[Si](c1ccccc1)(c1ccccc1)C(C)(C)C)O[Si](C)(C)C(C)(C)C. The second-order valence-electron chi connectivity index (χ2n) is 11.7. The van der Waals surface area contributed by atoms with Gasteiger partial charge in [-0.1, -0.05) is 108 Å². The van der Waals surface area contributed by atoms with Gasteiger partial charge in [0.2, 0.25) is 0 Å². The molecule has 0 fully saturated rings. The normalized spacial score (nSPS) is 14.8. The first-order valence-electron chi connectivity index (χ1n) is 12.3. The number of terminal acetylenes is 1. The maximum absolute atomic E-state index is 7.29. The molecule has 34 heavy (non-hydrogen) atoms. The molecular formula is C30H44O2Si2. The summed E-state index contributed by atoms with van der Waals surface area (Å²) in [6.45, 7) is 22.4. The summed E-state index contributed by atoms with van der Waals surface area (Å²) in [6.07, 6.45) is 8.76. The van der Waals surface area contributed by atoms with E-state index in [1.165, 1.54) is 10.4 Å². The summed E-state index contributed by atoms with van der Waals surface area (Å²) < 4.78 is 14.1. The molecule has 184 valence electrons. The Balaban J connectivity index is 2.52. The zero-order valence-electron chi connectivity index (χ0n) is 22.5. The molecule has 0 bridgehead atoms. The van der Waals surface area contributed by atoms with Gasteiger partial charge in [-0.3, -0.25) is 0 Å². The Hall–Kier alpha value is -1.91. The van der Waals surface area contributed by atoms with Crippen molar-refractivity contribution in [3.63, 3.8) is 0 Å². The molecule has 0 saturated carbocycles.